The third kappa shape index (κ3) is 4.71. The Morgan fingerprint density at radius 1 is 0.279 bits per heavy atom. The summed E-state index contributed by atoms with van der Waals surface area (Å²) in [6, 6.07) is 95.7. The minimum Gasteiger partial charge on any atom is -0.311 e. The van der Waals surface area contributed by atoms with Gasteiger partial charge in [-0.15, -0.1) is 0 Å². The molecule has 15 rings (SSSR count). The van der Waals surface area contributed by atoms with Gasteiger partial charge in [0.1, 0.15) is 0 Å². The number of para-hydroxylation sites is 2. The van der Waals surface area contributed by atoms with Gasteiger partial charge in [0.05, 0.1) is 21.9 Å². The van der Waals surface area contributed by atoms with Crippen molar-refractivity contribution in [3.8, 4) is 27.9 Å². The molecular weight excluding hydrogens is 821 g/mol. The monoisotopic (exact) mass is 862 g/mol. The zero-order valence-electron chi connectivity index (χ0n) is 37.1. The first kappa shape index (κ1) is 37.5. The average Bonchev–Trinajstić information content (AvgIpc) is 4.01. The van der Waals surface area contributed by atoms with Crippen LogP contribution in [0, 0.1) is 0 Å². The van der Waals surface area contributed by atoms with Crippen molar-refractivity contribution in [3.05, 3.63) is 299 Å². The predicted octanol–water partition coefficient (Wildman–Crippen LogP) is 16.4. The fourth-order valence-corrected chi connectivity index (χ4v) is 13.1. The van der Waals surface area contributed by atoms with Crippen LogP contribution in [0.3, 0.4) is 0 Å². The van der Waals surface area contributed by atoms with E-state index >= 15 is 0 Å². The van der Waals surface area contributed by atoms with Gasteiger partial charge in [0.2, 0.25) is 0 Å². The van der Waals surface area contributed by atoms with Crippen molar-refractivity contribution in [2.75, 3.05) is 4.90 Å². The van der Waals surface area contributed by atoms with Gasteiger partial charge in [0.25, 0.3) is 0 Å². The number of rotatable bonds is 4. The van der Waals surface area contributed by atoms with Crippen molar-refractivity contribution in [2.45, 2.75) is 10.8 Å². The highest BCUT2D eigenvalue weighted by atomic mass is 15.1. The Balaban J connectivity index is 1.10. The second-order valence-electron chi connectivity index (χ2n) is 18.7. The summed E-state index contributed by atoms with van der Waals surface area (Å²) in [5.41, 5.74) is 21.6. The van der Waals surface area contributed by atoms with E-state index in [4.69, 9.17) is 0 Å². The van der Waals surface area contributed by atoms with Gasteiger partial charge in [-0.05, 0) is 133 Å². The summed E-state index contributed by atoms with van der Waals surface area (Å²) >= 11 is 0. The normalized spacial score (nSPS) is 14.1. The second-order valence-corrected chi connectivity index (χ2v) is 18.7. The standard InChI is InChI=1S/C66H42N2/c1-3-20-44(21-4-1)67(45-22-5-2-6-23-45)46-36-38-47(39-37-46)68-63-42-62-61(41-54(63)53-40-35-43-19-7-8-24-48(43)64(53)68)65(55-29-13-9-25-49(55)50-26-10-14-30-56(50)65)59-33-17-18-34-60(59)66(62)57-31-15-11-27-51(57)52-28-12-16-32-58(52)66/h1-42H. The summed E-state index contributed by atoms with van der Waals surface area (Å²) in [7, 11) is 0. The van der Waals surface area contributed by atoms with Gasteiger partial charge in [-0.25, -0.2) is 0 Å². The maximum Gasteiger partial charge on any atom is 0.0720 e. The minimum atomic E-state index is -0.593. The molecule has 11 aromatic carbocycles. The number of benzene rings is 11. The molecule has 0 atom stereocenters. The van der Waals surface area contributed by atoms with E-state index in [9.17, 15) is 0 Å². The van der Waals surface area contributed by atoms with Gasteiger partial charge in [0.15, 0.2) is 0 Å². The first-order valence-corrected chi connectivity index (χ1v) is 23.8. The first-order valence-electron chi connectivity index (χ1n) is 23.8. The quantitative estimate of drug-likeness (QED) is 0.171. The van der Waals surface area contributed by atoms with E-state index in [1.807, 2.05) is 0 Å². The van der Waals surface area contributed by atoms with Crippen molar-refractivity contribution in [1.82, 2.24) is 4.57 Å². The van der Waals surface area contributed by atoms with Crippen LogP contribution in [-0.4, -0.2) is 4.57 Å². The first-order chi connectivity index (χ1) is 33.8. The van der Waals surface area contributed by atoms with Crippen LogP contribution >= 0.6 is 0 Å². The van der Waals surface area contributed by atoms with E-state index in [0.717, 1.165) is 22.7 Å². The lowest BCUT2D eigenvalue weighted by atomic mass is 9.52. The maximum absolute atomic E-state index is 2.62. The summed E-state index contributed by atoms with van der Waals surface area (Å²) in [4.78, 5) is 2.34. The van der Waals surface area contributed by atoms with Gasteiger partial charge in [-0.2, -0.15) is 0 Å². The Morgan fingerprint density at radius 2 is 0.691 bits per heavy atom. The summed E-state index contributed by atoms with van der Waals surface area (Å²) in [5.74, 6) is 0. The lowest BCUT2D eigenvalue weighted by molar-refractivity contribution is 0.634. The number of nitrogens with zero attached hydrogens (tertiary/aromatic N) is 2. The van der Waals surface area contributed by atoms with Crippen molar-refractivity contribution in [3.63, 3.8) is 0 Å². The van der Waals surface area contributed by atoms with Crippen LogP contribution < -0.4 is 4.90 Å². The number of hydrogen-bond donors (Lipinski definition) is 0. The zero-order valence-corrected chi connectivity index (χ0v) is 37.1. The number of aromatic nitrogens is 1. The molecule has 3 aliphatic rings. The van der Waals surface area contributed by atoms with Crippen molar-refractivity contribution in [2.24, 2.45) is 0 Å². The molecule has 0 unspecified atom stereocenters. The van der Waals surface area contributed by atoms with Crippen molar-refractivity contribution < 1.29 is 0 Å². The molecule has 2 heteroatoms. The molecule has 1 heterocycles. The zero-order chi connectivity index (χ0) is 44.6. The maximum atomic E-state index is 2.62. The molecule has 2 spiro atoms. The highest BCUT2D eigenvalue weighted by molar-refractivity contribution is 6.19. The molecule has 2 nitrogen and oxygen atoms in total. The summed E-state index contributed by atoms with van der Waals surface area (Å²) in [6.07, 6.45) is 0. The van der Waals surface area contributed by atoms with Gasteiger partial charge in [-0.3, -0.25) is 0 Å². The molecular formula is C66H42N2. The van der Waals surface area contributed by atoms with Gasteiger partial charge >= 0.3 is 0 Å². The highest BCUT2D eigenvalue weighted by Gasteiger charge is 2.59. The fourth-order valence-electron chi connectivity index (χ4n) is 13.1. The second kappa shape index (κ2) is 13.9. The average molecular weight is 863 g/mol. The van der Waals surface area contributed by atoms with Crippen molar-refractivity contribution >= 4 is 49.6 Å². The molecule has 0 aliphatic heterocycles. The SMILES string of the molecule is c1ccc(N(c2ccccc2)c2ccc(-n3c4cc5c(cc4c4ccc6ccccc6c43)C3(c4ccccc4-c4ccccc43)c3ccccc3C53c4ccccc4-c4ccccc43)cc2)cc1. The van der Waals surface area contributed by atoms with Crippen LogP contribution in [0.4, 0.5) is 17.1 Å². The van der Waals surface area contributed by atoms with Crippen LogP contribution in [0.5, 0.6) is 0 Å². The molecule has 1 aromatic heterocycles. The molecule has 316 valence electrons. The van der Waals surface area contributed by atoms with Crippen LogP contribution in [-0.2, 0) is 10.8 Å². The lowest BCUT2D eigenvalue weighted by Gasteiger charge is -2.49. The molecule has 3 aliphatic carbocycles. The Morgan fingerprint density at radius 3 is 1.21 bits per heavy atom. The Hall–Kier alpha value is -8.72. The molecule has 0 radical (unpaired) electrons. The van der Waals surface area contributed by atoms with E-state index in [1.54, 1.807) is 0 Å². The molecule has 0 saturated heterocycles. The largest absolute Gasteiger partial charge is 0.311 e. The number of hydrogen-bond acceptors (Lipinski definition) is 1. The van der Waals surface area contributed by atoms with Crippen LogP contribution in [0.15, 0.2) is 255 Å². The number of fused-ring (bicyclic) bond motifs is 21. The number of anilines is 3. The van der Waals surface area contributed by atoms with E-state index < -0.39 is 10.8 Å². The fraction of sp³-hybridized carbons (Fsp3) is 0.0303. The molecule has 12 aromatic rings. The van der Waals surface area contributed by atoms with Gasteiger partial charge in [0, 0.05) is 38.9 Å². The predicted molar refractivity (Wildman–Crippen MR) is 281 cm³/mol. The Labute approximate surface area is 395 Å². The Bertz CT molecular complexity index is 3900. The van der Waals surface area contributed by atoms with Crippen LogP contribution in [0.25, 0.3) is 60.5 Å². The van der Waals surface area contributed by atoms with Crippen LogP contribution in [0.2, 0.25) is 0 Å². The summed E-state index contributed by atoms with van der Waals surface area (Å²) in [5, 5.41) is 4.96. The minimum absolute atomic E-state index is 0.573. The molecule has 68 heavy (non-hydrogen) atoms. The summed E-state index contributed by atoms with van der Waals surface area (Å²) < 4.78 is 2.57. The van der Waals surface area contributed by atoms with E-state index in [0.29, 0.717) is 0 Å². The van der Waals surface area contributed by atoms with E-state index in [1.165, 1.54) is 99.3 Å². The van der Waals surface area contributed by atoms with Gasteiger partial charge in [-0.1, -0.05) is 194 Å². The topological polar surface area (TPSA) is 8.17 Å². The third-order valence-corrected chi connectivity index (χ3v) is 15.6. The lowest BCUT2D eigenvalue weighted by Crippen LogP contribution is -2.43. The third-order valence-electron chi connectivity index (χ3n) is 15.6. The molecule has 0 N–H and O–H groups in total. The van der Waals surface area contributed by atoms with Crippen LogP contribution in [0.1, 0.15) is 44.5 Å². The van der Waals surface area contributed by atoms with Gasteiger partial charge < -0.3 is 9.47 Å². The molecule has 0 fully saturated rings. The smallest absolute Gasteiger partial charge is 0.0720 e. The molecule has 0 amide bonds. The Kier molecular flexibility index (Phi) is 7.67. The molecule has 0 saturated carbocycles. The highest BCUT2D eigenvalue weighted by Crippen LogP contribution is 2.68. The van der Waals surface area contributed by atoms with Crippen molar-refractivity contribution in [1.29, 1.82) is 0 Å². The van der Waals surface area contributed by atoms with E-state index in [-0.39, 0.29) is 0 Å². The molecule has 0 bridgehead atoms. The summed E-state index contributed by atoms with van der Waals surface area (Å²) in [6.45, 7) is 0. The van der Waals surface area contributed by atoms with E-state index in [2.05, 4.69) is 264 Å².